The van der Waals surface area contributed by atoms with Crippen LogP contribution in [-0.2, 0) is 14.3 Å². The van der Waals surface area contributed by atoms with Crippen LogP contribution in [-0.4, -0.2) is 19.2 Å². The Kier molecular flexibility index (Phi) is 4.68. The Balaban J connectivity index is 2.46. The molecule has 4 nitrogen and oxygen atoms in total. The van der Waals surface area contributed by atoms with Crippen LogP contribution in [0.5, 0.6) is 0 Å². The van der Waals surface area contributed by atoms with Crippen LogP contribution < -0.4 is 0 Å². The molecule has 0 aliphatic rings. The van der Waals surface area contributed by atoms with Crippen LogP contribution in [0.1, 0.15) is 31.6 Å². The molecule has 1 aromatic carbocycles. The van der Waals surface area contributed by atoms with E-state index in [9.17, 15) is 4.79 Å². The molecule has 2 aromatic rings. The Morgan fingerprint density at radius 2 is 2.19 bits per heavy atom. The van der Waals surface area contributed by atoms with E-state index < -0.39 is 5.97 Å². The predicted octanol–water partition coefficient (Wildman–Crippen LogP) is 4.07. The molecule has 0 bridgehead atoms. The number of ether oxygens (including phenoxy) is 2. The molecule has 2 rings (SSSR count). The van der Waals surface area contributed by atoms with Crippen molar-refractivity contribution in [3.8, 4) is 0 Å². The summed E-state index contributed by atoms with van der Waals surface area (Å²) in [7, 11) is 1.50. The SMILES string of the molecule is CCC(C)OC(=O)/C(=C/OC)c1cccc2cc(C)oc12. The summed E-state index contributed by atoms with van der Waals surface area (Å²) in [6.07, 6.45) is 2.02. The van der Waals surface area contributed by atoms with Gasteiger partial charge in [0, 0.05) is 10.9 Å². The van der Waals surface area contributed by atoms with Gasteiger partial charge in [0.05, 0.1) is 19.5 Å². The van der Waals surface area contributed by atoms with Crippen LogP contribution in [0.4, 0.5) is 0 Å². The van der Waals surface area contributed by atoms with Crippen LogP contribution in [0, 0.1) is 6.92 Å². The van der Waals surface area contributed by atoms with Gasteiger partial charge < -0.3 is 13.9 Å². The Morgan fingerprint density at radius 1 is 1.43 bits per heavy atom. The van der Waals surface area contributed by atoms with E-state index in [0.717, 1.165) is 17.6 Å². The Hall–Kier alpha value is -2.23. The molecule has 1 atom stereocenters. The molecule has 1 aromatic heterocycles. The molecule has 1 unspecified atom stereocenters. The number of hydrogen-bond donors (Lipinski definition) is 0. The smallest absolute Gasteiger partial charge is 0.342 e. The fourth-order valence-corrected chi connectivity index (χ4v) is 2.07. The van der Waals surface area contributed by atoms with Crippen LogP contribution >= 0.6 is 0 Å². The number of para-hydroxylation sites is 1. The number of methoxy groups -OCH3 is 1. The first-order valence-corrected chi connectivity index (χ1v) is 7.00. The molecule has 4 heteroatoms. The Labute approximate surface area is 124 Å². The minimum Gasteiger partial charge on any atom is -0.503 e. The molecule has 0 aliphatic heterocycles. The summed E-state index contributed by atoms with van der Waals surface area (Å²) in [4.78, 5) is 12.3. The van der Waals surface area contributed by atoms with Crippen molar-refractivity contribution < 1.29 is 18.7 Å². The second kappa shape index (κ2) is 6.48. The molecule has 1 heterocycles. The fourth-order valence-electron chi connectivity index (χ4n) is 2.07. The molecule has 0 aliphatic carbocycles. The summed E-state index contributed by atoms with van der Waals surface area (Å²) in [6, 6.07) is 7.59. The Bertz CT molecular complexity index is 666. The van der Waals surface area contributed by atoms with Gasteiger partial charge >= 0.3 is 5.97 Å². The minimum atomic E-state index is -0.409. The highest BCUT2D eigenvalue weighted by molar-refractivity contribution is 6.19. The van der Waals surface area contributed by atoms with Crippen molar-refractivity contribution in [1.29, 1.82) is 0 Å². The van der Waals surface area contributed by atoms with Crippen molar-refractivity contribution in [2.24, 2.45) is 0 Å². The first-order valence-electron chi connectivity index (χ1n) is 7.00. The molecule has 0 spiro atoms. The van der Waals surface area contributed by atoms with Gasteiger partial charge in [-0.2, -0.15) is 0 Å². The van der Waals surface area contributed by atoms with Crippen LogP contribution in [0.25, 0.3) is 16.5 Å². The van der Waals surface area contributed by atoms with Gasteiger partial charge in [-0.1, -0.05) is 25.1 Å². The summed E-state index contributed by atoms with van der Waals surface area (Å²) in [6.45, 7) is 5.70. The number of carbonyl (C=O) groups is 1. The molecule has 0 fully saturated rings. The number of esters is 1. The third-order valence-electron chi connectivity index (χ3n) is 3.30. The molecule has 21 heavy (non-hydrogen) atoms. The average molecular weight is 288 g/mol. The number of fused-ring (bicyclic) bond motifs is 1. The Morgan fingerprint density at radius 3 is 2.86 bits per heavy atom. The van der Waals surface area contributed by atoms with Crippen molar-refractivity contribution in [2.45, 2.75) is 33.3 Å². The first kappa shape index (κ1) is 15.2. The fraction of sp³-hybridized carbons (Fsp3) is 0.353. The third-order valence-corrected chi connectivity index (χ3v) is 3.30. The van der Waals surface area contributed by atoms with Gasteiger partial charge in [0.25, 0.3) is 0 Å². The van der Waals surface area contributed by atoms with Crippen LogP contribution in [0.2, 0.25) is 0 Å². The summed E-state index contributed by atoms with van der Waals surface area (Å²) in [5.41, 5.74) is 1.70. The number of hydrogen-bond acceptors (Lipinski definition) is 4. The molecule has 0 saturated carbocycles. The van der Waals surface area contributed by atoms with Crippen molar-refractivity contribution in [2.75, 3.05) is 7.11 Å². The molecular formula is C17H20O4. The second-order valence-electron chi connectivity index (χ2n) is 4.97. The zero-order valence-corrected chi connectivity index (χ0v) is 12.8. The van der Waals surface area contributed by atoms with Gasteiger partial charge in [0.2, 0.25) is 0 Å². The lowest BCUT2D eigenvalue weighted by Gasteiger charge is -2.13. The van der Waals surface area contributed by atoms with E-state index in [4.69, 9.17) is 13.9 Å². The molecule has 0 radical (unpaired) electrons. The summed E-state index contributed by atoms with van der Waals surface area (Å²) < 4.78 is 16.1. The molecule has 0 amide bonds. The van der Waals surface area contributed by atoms with E-state index >= 15 is 0 Å². The largest absolute Gasteiger partial charge is 0.503 e. The predicted molar refractivity (Wildman–Crippen MR) is 81.8 cm³/mol. The lowest BCUT2D eigenvalue weighted by Crippen LogP contribution is -2.15. The van der Waals surface area contributed by atoms with Crippen molar-refractivity contribution in [3.05, 3.63) is 41.9 Å². The van der Waals surface area contributed by atoms with E-state index in [1.165, 1.54) is 13.4 Å². The maximum atomic E-state index is 12.3. The highest BCUT2D eigenvalue weighted by Crippen LogP contribution is 2.29. The second-order valence-corrected chi connectivity index (χ2v) is 4.97. The highest BCUT2D eigenvalue weighted by Gasteiger charge is 2.20. The maximum Gasteiger partial charge on any atom is 0.342 e. The maximum absolute atomic E-state index is 12.3. The zero-order valence-electron chi connectivity index (χ0n) is 12.8. The molecule has 0 N–H and O–H groups in total. The lowest BCUT2D eigenvalue weighted by molar-refractivity contribution is -0.141. The average Bonchev–Trinajstić information content (AvgIpc) is 2.84. The van der Waals surface area contributed by atoms with Crippen LogP contribution in [0.3, 0.4) is 0 Å². The van der Waals surface area contributed by atoms with Gasteiger partial charge in [-0.25, -0.2) is 4.79 Å². The number of furan rings is 1. The number of carbonyl (C=O) groups excluding carboxylic acids is 1. The summed E-state index contributed by atoms with van der Waals surface area (Å²) in [5.74, 6) is 0.386. The van der Waals surface area contributed by atoms with Crippen molar-refractivity contribution in [1.82, 2.24) is 0 Å². The van der Waals surface area contributed by atoms with Crippen molar-refractivity contribution >= 4 is 22.5 Å². The quantitative estimate of drug-likeness (QED) is 0.473. The summed E-state index contributed by atoms with van der Waals surface area (Å²) in [5, 5.41) is 0.948. The zero-order chi connectivity index (χ0) is 15.4. The third kappa shape index (κ3) is 3.27. The molecular weight excluding hydrogens is 268 g/mol. The van der Waals surface area contributed by atoms with Gasteiger partial charge in [-0.3, -0.25) is 0 Å². The molecule has 0 saturated heterocycles. The van der Waals surface area contributed by atoms with Crippen LogP contribution in [0.15, 0.2) is 34.9 Å². The van der Waals surface area contributed by atoms with Crippen molar-refractivity contribution in [3.63, 3.8) is 0 Å². The van der Waals surface area contributed by atoms with E-state index in [1.807, 2.05) is 45.0 Å². The lowest BCUT2D eigenvalue weighted by atomic mass is 10.0. The number of rotatable bonds is 5. The highest BCUT2D eigenvalue weighted by atomic mass is 16.5. The normalized spacial score (nSPS) is 13.2. The van der Waals surface area contributed by atoms with E-state index in [-0.39, 0.29) is 6.10 Å². The monoisotopic (exact) mass is 288 g/mol. The van der Waals surface area contributed by atoms with Gasteiger partial charge in [-0.05, 0) is 26.3 Å². The number of aryl methyl sites for hydroxylation is 1. The van der Waals surface area contributed by atoms with E-state index in [1.54, 1.807) is 0 Å². The van der Waals surface area contributed by atoms with E-state index in [0.29, 0.717) is 16.7 Å². The van der Waals surface area contributed by atoms with Gasteiger partial charge in [-0.15, -0.1) is 0 Å². The summed E-state index contributed by atoms with van der Waals surface area (Å²) >= 11 is 0. The standard InChI is InChI=1S/C17H20O4/c1-5-11(2)21-17(18)15(10-19-4)14-8-6-7-13-9-12(3)20-16(13)14/h6-11H,5H2,1-4H3/b15-10+. The van der Waals surface area contributed by atoms with E-state index in [2.05, 4.69) is 0 Å². The first-order chi connectivity index (χ1) is 10.1. The van der Waals surface area contributed by atoms with Gasteiger partial charge in [0.15, 0.2) is 0 Å². The molecule has 112 valence electrons. The minimum absolute atomic E-state index is 0.143. The van der Waals surface area contributed by atoms with Gasteiger partial charge in [0.1, 0.15) is 16.9 Å². The number of benzene rings is 1. The topological polar surface area (TPSA) is 48.7 Å².